The Balaban J connectivity index is 1.73. The summed E-state index contributed by atoms with van der Waals surface area (Å²) in [5.74, 6) is 0.940. The summed E-state index contributed by atoms with van der Waals surface area (Å²) in [5, 5.41) is 0. The smallest absolute Gasteiger partial charge is 0.0215 e. The largest absolute Gasteiger partial charge is 0.261 e. The molecular weight excluding hydrogens is 239 g/mol. The van der Waals surface area contributed by atoms with Crippen LogP contribution in [0.4, 0.5) is 0 Å². The summed E-state index contributed by atoms with van der Waals surface area (Å²) in [6.07, 6.45) is 6.81. The third-order valence-electron chi connectivity index (χ3n) is 3.75. The summed E-state index contributed by atoms with van der Waals surface area (Å²) < 4.78 is 0. The number of hydrogen-bond donors (Lipinski definition) is 2. The first-order chi connectivity index (χ1) is 8.78. The molecule has 0 heterocycles. The highest BCUT2D eigenvalue weighted by molar-refractivity contribution is 7.56. The fourth-order valence-electron chi connectivity index (χ4n) is 2.98. The Morgan fingerprint density at radius 1 is 1.22 bits per heavy atom. The van der Waals surface area contributed by atoms with Crippen molar-refractivity contribution in [3.8, 4) is 0 Å². The van der Waals surface area contributed by atoms with Gasteiger partial charge in [0, 0.05) is 6.04 Å². The number of rotatable bonds is 6. The second-order valence-electron chi connectivity index (χ2n) is 5.45. The lowest BCUT2D eigenvalue weighted by Gasteiger charge is -2.18. The number of hydrazine groups is 1. The average molecular weight is 264 g/mol. The van der Waals surface area contributed by atoms with Crippen LogP contribution in [0.3, 0.4) is 0 Å². The fraction of sp³-hybridized carbons (Fsp3) is 0.600. The molecule has 1 aromatic rings. The Morgan fingerprint density at radius 3 is 2.72 bits per heavy atom. The molecule has 1 saturated carbocycles. The van der Waals surface area contributed by atoms with Crippen LogP contribution in [0, 0.1) is 5.92 Å². The van der Waals surface area contributed by atoms with Crippen molar-refractivity contribution in [1.29, 1.82) is 0 Å². The predicted molar refractivity (Wildman–Crippen MR) is 81.2 cm³/mol. The van der Waals surface area contributed by atoms with E-state index in [1.165, 1.54) is 37.1 Å². The van der Waals surface area contributed by atoms with E-state index in [9.17, 15) is 0 Å². The summed E-state index contributed by atoms with van der Waals surface area (Å²) in [5.41, 5.74) is 7.94. The van der Waals surface area contributed by atoms with Crippen molar-refractivity contribution >= 4 is 7.92 Å². The van der Waals surface area contributed by atoms with E-state index in [0.29, 0.717) is 6.04 Å². The quantitative estimate of drug-likeness (QED) is 0.609. The summed E-state index contributed by atoms with van der Waals surface area (Å²) in [7, 11) is 2.12. The van der Waals surface area contributed by atoms with Crippen molar-refractivity contribution in [2.24, 2.45) is 5.92 Å². The van der Waals surface area contributed by atoms with Gasteiger partial charge in [-0.05, 0) is 56.8 Å². The Morgan fingerprint density at radius 2 is 2.00 bits per heavy atom. The molecule has 18 heavy (non-hydrogen) atoms. The fourth-order valence-corrected chi connectivity index (χ4v) is 5.15. The van der Waals surface area contributed by atoms with Crippen LogP contribution in [0.5, 0.6) is 0 Å². The minimum absolute atomic E-state index is 0.156. The highest BCUT2D eigenvalue weighted by Gasteiger charge is 2.25. The van der Waals surface area contributed by atoms with E-state index in [4.69, 9.17) is 0 Å². The molecule has 0 spiro atoms. The maximum atomic E-state index is 3.35. The molecule has 0 amide bonds. The number of benzene rings is 1. The molecule has 0 aromatic heterocycles. The molecule has 2 N–H and O–H groups in total. The molecular formula is C15H25N2P. The van der Waals surface area contributed by atoms with Gasteiger partial charge in [-0.1, -0.05) is 30.3 Å². The molecule has 100 valence electrons. The normalized spacial score (nSPS) is 25.2. The van der Waals surface area contributed by atoms with Gasteiger partial charge in [-0.25, -0.2) is 0 Å². The highest BCUT2D eigenvalue weighted by Crippen LogP contribution is 2.41. The standard InChI is InChI=1S/C15H25N2P/c1-16-17-15-9-8-14(10-15)12-18(2)11-13-6-4-3-5-7-13/h3-7,14-17H,8-12H2,1-2H3. The van der Waals surface area contributed by atoms with Crippen LogP contribution in [0.2, 0.25) is 0 Å². The van der Waals surface area contributed by atoms with Gasteiger partial charge < -0.3 is 0 Å². The molecule has 3 heteroatoms. The third-order valence-corrected chi connectivity index (χ3v) is 5.80. The molecule has 1 fully saturated rings. The van der Waals surface area contributed by atoms with E-state index >= 15 is 0 Å². The van der Waals surface area contributed by atoms with Crippen LogP contribution in [0.25, 0.3) is 0 Å². The molecule has 3 atom stereocenters. The molecule has 0 radical (unpaired) electrons. The first-order valence-corrected chi connectivity index (χ1v) is 9.08. The minimum Gasteiger partial charge on any atom is -0.261 e. The first-order valence-electron chi connectivity index (χ1n) is 6.92. The van der Waals surface area contributed by atoms with Crippen molar-refractivity contribution in [3.63, 3.8) is 0 Å². The van der Waals surface area contributed by atoms with E-state index in [1.54, 1.807) is 0 Å². The van der Waals surface area contributed by atoms with E-state index in [-0.39, 0.29) is 7.92 Å². The number of nitrogens with one attached hydrogen (secondary N) is 2. The Hall–Kier alpha value is -0.430. The Labute approximate surface area is 112 Å². The molecule has 0 bridgehead atoms. The lowest BCUT2D eigenvalue weighted by Crippen LogP contribution is -2.36. The summed E-state index contributed by atoms with van der Waals surface area (Å²) in [6, 6.07) is 11.6. The van der Waals surface area contributed by atoms with E-state index < -0.39 is 0 Å². The van der Waals surface area contributed by atoms with Crippen LogP contribution >= 0.6 is 7.92 Å². The van der Waals surface area contributed by atoms with Crippen LogP contribution in [0.15, 0.2) is 30.3 Å². The lowest BCUT2D eigenvalue weighted by molar-refractivity contribution is 0.456. The van der Waals surface area contributed by atoms with Gasteiger partial charge in [-0.15, -0.1) is 7.92 Å². The minimum atomic E-state index is 0.156. The Bertz CT molecular complexity index is 342. The van der Waals surface area contributed by atoms with Crippen molar-refractivity contribution in [2.45, 2.75) is 31.5 Å². The van der Waals surface area contributed by atoms with Crippen LogP contribution in [-0.4, -0.2) is 25.9 Å². The van der Waals surface area contributed by atoms with Gasteiger partial charge in [0.15, 0.2) is 0 Å². The lowest BCUT2D eigenvalue weighted by atomic mass is 10.1. The van der Waals surface area contributed by atoms with Crippen LogP contribution < -0.4 is 10.9 Å². The van der Waals surface area contributed by atoms with Gasteiger partial charge in [-0.2, -0.15) is 0 Å². The van der Waals surface area contributed by atoms with Gasteiger partial charge in [0.1, 0.15) is 0 Å². The topological polar surface area (TPSA) is 24.1 Å². The molecule has 0 saturated heterocycles. The monoisotopic (exact) mass is 264 g/mol. The molecule has 2 rings (SSSR count). The maximum Gasteiger partial charge on any atom is 0.0215 e. The van der Waals surface area contributed by atoms with Crippen LogP contribution in [0.1, 0.15) is 24.8 Å². The molecule has 0 aliphatic heterocycles. The first kappa shape index (κ1) is 14.0. The van der Waals surface area contributed by atoms with Crippen molar-refractivity contribution in [2.75, 3.05) is 19.9 Å². The maximum absolute atomic E-state index is 3.35. The van der Waals surface area contributed by atoms with Gasteiger partial charge in [-0.3, -0.25) is 10.9 Å². The summed E-state index contributed by atoms with van der Waals surface area (Å²) in [4.78, 5) is 0. The molecule has 3 unspecified atom stereocenters. The molecule has 1 aliphatic carbocycles. The Kier molecular flexibility index (Phi) is 5.62. The summed E-state index contributed by atoms with van der Waals surface area (Å²) in [6.45, 7) is 2.46. The summed E-state index contributed by atoms with van der Waals surface area (Å²) >= 11 is 0. The van der Waals surface area contributed by atoms with Gasteiger partial charge in [0.25, 0.3) is 0 Å². The average Bonchev–Trinajstić information content (AvgIpc) is 2.78. The van der Waals surface area contributed by atoms with E-state index in [1.807, 2.05) is 7.05 Å². The molecule has 1 aliphatic rings. The molecule has 2 nitrogen and oxygen atoms in total. The predicted octanol–water partition coefficient (Wildman–Crippen LogP) is 3.19. The van der Waals surface area contributed by atoms with Crippen molar-refractivity contribution < 1.29 is 0 Å². The number of hydrogen-bond acceptors (Lipinski definition) is 2. The SMILES string of the molecule is CNNC1CCC(CP(C)Cc2ccccc2)C1. The van der Waals surface area contributed by atoms with Gasteiger partial charge in [0.05, 0.1) is 0 Å². The van der Waals surface area contributed by atoms with E-state index in [0.717, 1.165) is 5.92 Å². The second kappa shape index (κ2) is 7.23. The van der Waals surface area contributed by atoms with Gasteiger partial charge >= 0.3 is 0 Å². The zero-order chi connectivity index (χ0) is 12.8. The van der Waals surface area contributed by atoms with Crippen molar-refractivity contribution in [1.82, 2.24) is 10.9 Å². The van der Waals surface area contributed by atoms with Crippen LogP contribution in [-0.2, 0) is 6.16 Å². The zero-order valence-electron chi connectivity index (χ0n) is 11.5. The highest BCUT2D eigenvalue weighted by atomic mass is 31.1. The van der Waals surface area contributed by atoms with Crippen molar-refractivity contribution in [3.05, 3.63) is 35.9 Å². The zero-order valence-corrected chi connectivity index (χ0v) is 12.4. The second-order valence-corrected chi connectivity index (χ2v) is 7.85. The van der Waals surface area contributed by atoms with Gasteiger partial charge in [0.2, 0.25) is 0 Å². The third kappa shape index (κ3) is 4.35. The molecule has 1 aromatic carbocycles. The van der Waals surface area contributed by atoms with E-state index in [2.05, 4.69) is 47.8 Å².